The number of nitrogens with two attached hydrogens (primary N) is 1. The van der Waals surface area contributed by atoms with Gasteiger partial charge in [-0.1, -0.05) is 66.2 Å². The molecule has 3 aromatic carbocycles. The summed E-state index contributed by atoms with van der Waals surface area (Å²) in [5.74, 6) is -0.124. The van der Waals surface area contributed by atoms with Gasteiger partial charge in [0.1, 0.15) is 16.9 Å². The van der Waals surface area contributed by atoms with Crippen LogP contribution in [0.2, 0.25) is 5.02 Å². The number of aromatic nitrogens is 3. The highest BCUT2D eigenvalue weighted by Gasteiger charge is 2.25. The summed E-state index contributed by atoms with van der Waals surface area (Å²) < 4.78 is 1.47. The molecule has 0 saturated carbocycles. The lowest BCUT2D eigenvalue weighted by Gasteiger charge is -2.14. The minimum Gasteiger partial charge on any atom is -0.383 e. The summed E-state index contributed by atoms with van der Waals surface area (Å²) in [6, 6.07) is 24.9. The van der Waals surface area contributed by atoms with Gasteiger partial charge in [-0.15, -0.1) is 0 Å². The molecule has 0 aliphatic carbocycles. The number of nitrogens with one attached hydrogen (secondary N) is 1. The van der Waals surface area contributed by atoms with E-state index < -0.39 is 0 Å². The van der Waals surface area contributed by atoms with E-state index in [-0.39, 0.29) is 23.3 Å². The number of benzene rings is 3. The molecule has 0 spiro atoms. The van der Waals surface area contributed by atoms with E-state index >= 15 is 0 Å². The van der Waals surface area contributed by atoms with Crippen molar-refractivity contribution in [1.82, 2.24) is 20.0 Å². The van der Waals surface area contributed by atoms with Gasteiger partial charge in [-0.2, -0.15) is 9.78 Å². The number of nitrogen functional groups attached to an aromatic ring is 1. The van der Waals surface area contributed by atoms with Crippen LogP contribution in [0, 0.1) is 0 Å². The molecular weight excluding hydrogens is 472 g/mol. The fourth-order valence-electron chi connectivity index (χ4n) is 4.06. The molecule has 36 heavy (non-hydrogen) atoms. The third-order valence-corrected chi connectivity index (χ3v) is 6.23. The molecule has 1 atom stereocenters. The highest BCUT2D eigenvalue weighted by atomic mass is 35.5. The first-order valence-electron chi connectivity index (χ1n) is 11.7. The highest BCUT2D eigenvalue weighted by Crippen LogP contribution is 2.28. The van der Waals surface area contributed by atoms with Gasteiger partial charge >= 0.3 is 0 Å². The number of amides is 1. The van der Waals surface area contributed by atoms with Crippen LogP contribution in [0.1, 0.15) is 34.8 Å². The average molecular weight is 497 g/mol. The van der Waals surface area contributed by atoms with Crippen LogP contribution in [0.5, 0.6) is 0 Å². The summed E-state index contributed by atoms with van der Waals surface area (Å²) in [4.78, 5) is 22.9. The lowest BCUT2D eigenvalue weighted by Crippen LogP contribution is -2.33. The summed E-state index contributed by atoms with van der Waals surface area (Å²) in [5, 5.41) is 8.25. The third kappa shape index (κ3) is 4.92. The maximum absolute atomic E-state index is 13.4. The molecule has 0 aliphatic rings. The van der Waals surface area contributed by atoms with E-state index in [0.717, 1.165) is 18.4 Å². The van der Waals surface area contributed by atoms with Gasteiger partial charge < -0.3 is 11.1 Å². The monoisotopic (exact) mass is 496 g/mol. The molecule has 7 nitrogen and oxygen atoms in total. The molecule has 0 aliphatic heterocycles. The summed E-state index contributed by atoms with van der Waals surface area (Å²) >= 11 is 5.99. The average Bonchev–Trinajstić information content (AvgIpc) is 3.16. The first-order valence-corrected chi connectivity index (χ1v) is 12.1. The maximum atomic E-state index is 13.4. The second-order valence-corrected chi connectivity index (χ2v) is 9.09. The van der Waals surface area contributed by atoms with Gasteiger partial charge in [0.05, 0.1) is 17.2 Å². The molecule has 1 amide bonds. The Labute approximate surface area is 213 Å². The smallest absolute Gasteiger partial charge is 0.257 e. The van der Waals surface area contributed by atoms with E-state index in [1.54, 1.807) is 18.3 Å². The Morgan fingerprint density at radius 1 is 1.03 bits per heavy atom. The predicted octanol–water partition coefficient (Wildman–Crippen LogP) is 5.45. The second kappa shape index (κ2) is 10.2. The first kappa shape index (κ1) is 23.5. The van der Waals surface area contributed by atoms with Crippen LogP contribution in [0.25, 0.3) is 22.2 Å². The summed E-state index contributed by atoms with van der Waals surface area (Å²) in [6.45, 7) is 1.98. The number of hydrogen-bond donors (Lipinski definition) is 2. The number of hydrogen-bond acceptors (Lipinski definition) is 5. The minimum atomic E-state index is -0.303. The molecule has 2 aromatic heterocycles. The lowest BCUT2D eigenvalue weighted by molar-refractivity contribution is 0.0940. The zero-order valence-corrected chi connectivity index (χ0v) is 20.5. The highest BCUT2D eigenvalue weighted by molar-refractivity contribution is 6.30. The van der Waals surface area contributed by atoms with Gasteiger partial charge in [-0.25, -0.2) is 9.97 Å². The van der Waals surface area contributed by atoms with Gasteiger partial charge in [0.15, 0.2) is 5.65 Å². The van der Waals surface area contributed by atoms with E-state index in [0.29, 0.717) is 27.2 Å². The number of carbonyl (C=O) groups is 1. The fraction of sp³-hybridized carbons (Fsp3) is 0.143. The number of nitrogens with zero attached hydrogens (tertiary/aromatic N) is 4. The molecule has 5 rings (SSSR count). The molecule has 0 fully saturated rings. The van der Waals surface area contributed by atoms with Crippen molar-refractivity contribution in [2.75, 3.05) is 5.73 Å². The maximum Gasteiger partial charge on any atom is 0.257 e. The van der Waals surface area contributed by atoms with Crippen LogP contribution in [0.15, 0.2) is 84.0 Å². The van der Waals surface area contributed by atoms with Crippen molar-refractivity contribution in [3.63, 3.8) is 0 Å². The quantitative estimate of drug-likeness (QED) is 0.292. The number of carbonyl (C=O) groups excluding carboxylic acids is 1. The SMILES string of the molecule is C[C@@H](CCc1ccccc1)NC(=O)c1c(N)n(/N=C\c2ccc(Cl)cc2)c2nc3ccccc3nc12. The molecule has 180 valence electrons. The van der Waals surface area contributed by atoms with Crippen LogP contribution in [0.3, 0.4) is 0 Å². The van der Waals surface area contributed by atoms with Crippen molar-refractivity contribution in [3.05, 3.63) is 101 Å². The van der Waals surface area contributed by atoms with Gasteiger partial charge in [-0.05, 0) is 55.2 Å². The van der Waals surface area contributed by atoms with Crippen molar-refractivity contribution in [1.29, 1.82) is 0 Å². The van der Waals surface area contributed by atoms with Crippen LogP contribution in [-0.2, 0) is 6.42 Å². The lowest BCUT2D eigenvalue weighted by atomic mass is 10.1. The molecule has 2 heterocycles. The van der Waals surface area contributed by atoms with Crippen molar-refractivity contribution in [3.8, 4) is 0 Å². The zero-order valence-electron chi connectivity index (χ0n) is 19.7. The molecule has 0 bridgehead atoms. The number of aryl methyl sites for hydroxylation is 1. The Kier molecular flexibility index (Phi) is 6.64. The van der Waals surface area contributed by atoms with Gasteiger partial charge in [0.2, 0.25) is 0 Å². The fourth-order valence-corrected chi connectivity index (χ4v) is 4.18. The molecule has 5 aromatic rings. The first-order chi connectivity index (χ1) is 17.5. The number of anilines is 1. The normalized spacial score (nSPS) is 12.4. The molecule has 0 radical (unpaired) electrons. The van der Waals surface area contributed by atoms with E-state index in [2.05, 4.69) is 22.6 Å². The van der Waals surface area contributed by atoms with Crippen LogP contribution in [0.4, 0.5) is 5.82 Å². The number of para-hydroxylation sites is 2. The Balaban J connectivity index is 1.49. The Morgan fingerprint density at radius 3 is 2.42 bits per heavy atom. The number of rotatable bonds is 7. The zero-order chi connectivity index (χ0) is 25.1. The molecule has 8 heteroatoms. The van der Waals surface area contributed by atoms with Crippen LogP contribution >= 0.6 is 11.6 Å². The predicted molar refractivity (Wildman–Crippen MR) is 146 cm³/mol. The van der Waals surface area contributed by atoms with E-state index in [9.17, 15) is 4.79 Å². The number of halogens is 1. The third-order valence-electron chi connectivity index (χ3n) is 5.98. The van der Waals surface area contributed by atoms with E-state index in [1.807, 2.05) is 61.5 Å². The van der Waals surface area contributed by atoms with Crippen LogP contribution < -0.4 is 11.1 Å². The standard InChI is InChI=1S/C28H25ClN6O/c1-18(11-12-19-7-3-2-4-8-19)32-28(36)24-25-27(34-23-10-6-5-9-22(23)33-25)35(26(24)30)31-17-20-13-15-21(29)16-14-20/h2-10,13-18H,11-12,30H2,1H3,(H,32,36)/b31-17-/t18-/m0/s1. The minimum absolute atomic E-state index is 0.0681. The van der Waals surface area contributed by atoms with Gasteiger partial charge in [-0.3, -0.25) is 4.79 Å². The molecule has 3 N–H and O–H groups in total. The van der Waals surface area contributed by atoms with Crippen molar-refractivity contribution >= 4 is 51.7 Å². The Bertz CT molecular complexity index is 1560. The molecule has 0 saturated heterocycles. The van der Waals surface area contributed by atoms with Crippen molar-refractivity contribution in [2.45, 2.75) is 25.8 Å². The van der Waals surface area contributed by atoms with E-state index in [1.165, 1.54) is 10.2 Å². The second-order valence-electron chi connectivity index (χ2n) is 8.65. The number of fused-ring (bicyclic) bond motifs is 2. The van der Waals surface area contributed by atoms with Crippen molar-refractivity contribution in [2.24, 2.45) is 5.10 Å². The topological polar surface area (TPSA) is 98.2 Å². The summed E-state index contributed by atoms with van der Waals surface area (Å²) in [6.07, 6.45) is 3.29. The van der Waals surface area contributed by atoms with Gasteiger partial charge in [0, 0.05) is 11.1 Å². The van der Waals surface area contributed by atoms with E-state index in [4.69, 9.17) is 27.3 Å². The summed E-state index contributed by atoms with van der Waals surface area (Å²) in [5.41, 5.74) is 11.0. The molecular formula is C28H25ClN6O. The summed E-state index contributed by atoms with van der Waals surface area (Å²) in [7, 11) is 0. The van der Waals surface area contributed by atoms with Crippen molar-refractivity contribution < 1.29 is 4.79 Å². The molecule has 0 unspecified atom stereocenters. The largest absolute Gasteiger partial charge is 0.383 e. The Hall–Kier alpha value is -4.23. The van der Waals surface area contributed by atoms with Gasteiger partial charge in [0.25, 0.3) is 5.91 Å². The van der Waals surface area contributed by atoms with Crippen LogP contribution in [-0.4, -0.2) is 32.8 Å². The Morgan fingerprint density at radius 2 is 1.69 bits per heavy atom.